The predicted octanol–water partition coefficient (Wildman–Crippen LogP) is 14.1. The summed E-state index contributed by atoms with van der Waals surface area (Å²) >= 11 is 0. The molecule has 326 valence electrons. The maximum absolute atomic E-state index is 13.0. The largest absolute Gasteiger partial charge is 0.465 e. The highest BCUT2D eigenvalue weighted by Gasteiger charge is 2.19. The van der Waals surface area contributed by atoms with Crippen molar-refractivity contribution >= 4 is 11.9 Å². The van der Waals surface area contributed by atoms with Gasteiger partial charge in [-0.2, -0.15) is 0 Å². The topological polar surface area (TPSA) is 76.1 Å². The van der Waals surface area contributed by atoms with E-state index in [0.717, 1.165) is 116 Å². The lowest BCUT2D eigenvalue weighted by Gasteiger charge is -2.22. The highest BCUT2D eigenvalue weighted by molar-refractivity contribution is 5.74. The second-order valence-electron chi connectivity index (χ2n) is 16.6. The molecule has 0 spiro atoms. The van der Waals surface area contributed by atoms with E-state index in [2.05, 4.69) is 44.7 Å². The van der Waals surface area contributed by atoms with Crippen molar-refractivity contribution in [2.45, 2.75) is 240 Å². The molecule has 55 heavy (non-hydrogen) atoms. The van der Waals surface area contributed by atoms with Gasteiger partial charge < -0.3 is 19.5 Å². The summed E-state index contributed by atoms with van der Waals surface area (Å²) in [6.07, 6.45) is 42.4. The number of aliphatic hydroxyl groups is 1. The van der Waals surface area contributed by atoms with Crippen LogP contribution in [0.25, 0.3) is 0 Å². The number of aliphatic hydroxyl groups excluding tert-OH is 1. The summed E-state index contributed by atoms with van der Waals surface area (Å²) in [5.41, 5.74) is 0. The molecular weight excluding hydrogens is 683 g/mol. The molecule has 0 radical (unpaired) electrons. The molecule has 0 aliphatic carbocycles. The average molecular weight is 778 g/mol. The van der Waals surface area contributed by atoms with Crippen molar-refractivity contribution in [3.63, 3.8) is 0 Å². The van der Waals surface area contributed by atoms with Crippen LogP contribution in [0.1, 0.15) is 240 Å². The van der Waals surface area contributed by atoms with E-state index < -0.39 is 0 Å². The molecule has 0 aromatic carbocycles. The number of hydrogen-bond donors (Lipinski definition) is 1. The molecule has 0 saturated heterocycles. The predicted molar refractivity (Wildman–Crippen MR) is 237 cm³/mol. The minimum atomic E-state index is -0.0883. The Bertz CT molecular complexity index is 832. The van der Waals surface area contributed by atoms with Gasteiger partial charge in [0.1, 0.15) is 0 Å². The molecule has 0 aliphatic heterocycles. The van der Waals surface area contributed by atoms with Crippen molar-refractivity contribution in [3.8, 4) is 0 Å². The second-order valence-corrected chi connectivity index (χ2v) is 16.6. The van der Waals surface area contributed by atoms with Crippen LogP contribution in [0.3, 0.4) is 0 Å². The van der Waals surface area contributed by atoms with Gasteiger partial charge >= 0.3 is 11.9 Å². The average Bonchev–Trinajstić information content (AvgIpc) is 3.19. The number of carbonyl (C=O) groups excluding carboxylic acids is 2. The Balaban J connectivity index is 4.46. The first-order valence-electron chi connectivity index (χ1n) is 24.4. The van der Waals surface area contributed by atoms with Gasteiger partial charge in [0.05, 0.1) is 25.0 Å². The summed E-state index contributed by atoms with van der Waals surface area (Å²) in [6.45, 7) is 13.7. The monoisotopic (exact) mass is 778 g/mol. The fraction of sp³-hybridized carbons (Fsp3) is 0.918. The zero-order valence-corrected chi connectivity index (χ0v) is 37.4. The Morgan fingerprint density at radius 3 is 1.40 bits per heavy atom. The molecule has 2 atom stereocenters. The van der Waals surface area contributed by atoms with Crippen LogP contribution in [0, 0.1) is 11.8 Å². The number of rotatable bonds is 44. The van der Waals surface area contributed by atoms with Crippen LogP contribution in [-0.4, -0.2) is 61.4 Å². The van der Waals surface area contributed by atoms with E-state index in [1.54, 1.807) is 0 Å². The highest BCUT2D eigenvalue weighted by Crippen LogP contribution is 2.21. The van der Waals surface area contributed by atoms with Gasteiger partial charge in [-0.25, -0.2) is 0 Å². The molecule has 0 saturated carbocycles. The Kier molecular flexibility index (Phi) is 42.6. The van der Waals surface area contributed by atoms with Gasteiger partial charge in [-0.3, -0.25) is 9.59 Å². The summed E-state index contributed by atoms with van der Waals surface area (Å²) in [5.74, 6) is 0.0283. The summed E-state index contributed by atoms with van der Waals surface area (Å²) in [5, 5.41) is 9.23. The second kappa shape index (κ2) is 43.7. The lowest BCUT2D eigenvalue weighted by atomic mass is 9.94. The minimum absolute atomic E-state index is 0.0287. The van der Waals surface area contributed by atoms with Gasteiger partial charge in [-0.1, -0.05) is 175 Å². The van der Waals surface area contributed by atoms with E-state index in [9.17, 15) is 14.7 Å². The Labute approximate surface area is 343 Å². The number of unbranched alkanes of at least 4 members (excludes halogenated alkanes) is 23. The van der Waals surface area contributed by atoms with E-state index in [1.165, 1.54) is 116 Å². The molecule has 6 nitrogen and oxygen atoms in total. The molecule has 0 aliphatic rings. The van der Waals surface area contributed by atoms with Crippen LogP contribution in [0.5, 0.6) is 0 Å². The molecule has 0 fully saturated rings. The van der Waals surface area contributed by atoms with E-state index in [4.69, 9.17) is 9.47 Å². The number of allylic oxidation sites excluding steroid dienone is 1. The van der Waals surface area contributed by atoms with Crippen molar-refractivity contribution in [2.24, 2.45) is 11.8 Å². The summed E-state index contributed by atoms with van der Waals surface area (Å²) < 4.78 is 11.6. The Hall–Kier alpha value is -1.40. The molecule has 1 N–H and O–H groups in total. The van der Waals surface area contributed by atoms with Crippen molar-refractivity contribution in [1.29, 1.82) is 0 Å². The third-order valence-electron chi connectivity index (χ3n) is 11.3. The third-order valence-corrected chi connectivity index (χ3v) is 11.3. The lowest BCUT2D eigenvalue weighted by Crippen LogP contribution is -2.27. The Morgan fingerprint density at radius 2 is 0.873 bits per heavy atom. The molecule has 0 aromatic rings. The molecule has 0 heterocycles. The van der Waals surface area contributed by atoms with Crippen LogP contribution in [-0.2, 0) is 19.1 Å². The molecular formula is C49H95NO5. The summed E-state index contributed by atoms with van der Waals surface area (Å²) in [7, 11) is 0. The number of hydrogen-bond acceptors (Lipinski definition) is 6. The maximum atomic E-state index is 13.0. The highest BCUT2D eigenvalue weighted by atomic mass is 16.5. The zero-order valence-electron chi connectivity index (χ0n) is 37.4. The number of esters is 2. The Morgan fingerprint density at radius 1 is 0.473 bits per heavy atom. The van der Waals surface area contributed by atoms with Gasteiger partial charge in [0.15, 0.2) is 0 Å². The van der Waals surface area contributed by atoms with Gasteiger partial charge in [0, 0.05) is 6.61 Å². The standard InChI is InChI=1S/C49H95NO5/c1-5-9-13-17-19-28-38-46(36-26-15-11-7-3)48(52)54-44-34-23-21-30-40-50(42-32-25-33-43-51)41-31-22-24-35-45-55-49(53)47(37-27-16-12-8-4)39-29-20-18-14-10-6-2/h28,38,46-47,51H,5-27,29-37,39-45H2,1-4H3/b38-28+. The summed E-state index contributed by atoms with van der Waals surface area (Å²) in [6, 6.07) is 0. The first-order chi connectivity index (χ1) is 27.0. The smallest absolute Gasteiger partial charge is 0.312 e. The fourth-order valence-corrected chi connectivity index (χ4v) is 7.51. The number of carbonyl (C=O) groups is 2. The normalized spacial score (nSPS) is 12.8. The zero-order chi connectivity index (χ0) is 40.3. The van der Waals surface area contributed by atoms with Crippen LogP contribution in [0.4, 0.5) is 0 Å². The van der Waals surface area contributed by atoms with Crippen molar-refractivity contribution < 1.29 is 24.2 Å². The van der Waals surface area contributed by atoms with E-state index in [1.807, 2.05) is 0 Å². The molecule has 6 heteroatoms. The van der Waals surface area contributed by atoms with E-state index in [-0.39, 0.29) is 30.4 Å². The van der Waals surface area contributed by atoms with Gasteiger partial charge in [-0.05, 0) is 96.7 Å². The number of nitrogens with zero attached hydrogens (tertiary/aromatic N) is 1. The van der Waals surface area contributed by atoms with Gasteiger partial charge in [0.25, 0.3) is 0 Å². The molecule has 0 aromatic heterocycles. The van der Waals surface area contributed by atoms with E-state index >= 15 is 0 Å². The molecule has 0 rings (SSSR count). The van der Waals surface area contributed by atoms with Crippen LogP contribution in [0.2, 0.25) is 0 Å². The SMILES string of the molecule is CCCCCC/C=C/C(CCCCCC)C(=O)OCCCCCCN(CCCCCO)CCCCCCOC(=O)C(CCCCCC)CCCCCCCC. The maximum Gasteiger partial charge on any atom is 0.312 e. The van der Waals surface area contributed by atoms with Gasteiger partial charge in [0.2, 0.25) is 0 Å². The van der Waals surface area contributed by atoms with Crippen LogP contribution >= 0.6 is 0 Å². The van der Waals surface area contributed by atoms with Crippen LogP contribution < -0.4 is 0 Å². The van der Waals surface area contributed by atoms with Crippen molar-refractivity contribution in [3.05, 3.63) is 12.2 Å². The summed E-state index contributed by atoms with van der Waals surface area (Å²) in [4.78, 5) is 28.5. The molecule has 0 amide bonds. The van der Waals surface area contributed by atoms with Gasteiger partial charge in [-0.15, -0.1) is 0 Å². The quantitative estimate of drug-likeness (QED) is 0.0377. The first kappa shape index (κ1) is 53.6. The van der Waals surface area contributed by atoms with Crippen molar-refractivity contribution in [2.75, 3.05) is 39.5 Å². The lowest BCUT2D eigenvalue weighted by molar-refractivity contribution is -0.149. The first-order valence-corrected chi connectivity index (χ1v) is 24.4. The van der Waals surface area contributed by atoms with Crippen LogP contribution in [0.15, 0.2) is 12.2 Å². The van der Waals surface area contributed by atoms with E-state index in [0.29, 0.717) is 13.2 Å². The third kappa shape index (κ3) is 36.7. The fourth-order valence-electron chi connectivity index (χ4n) is 7.51. The minimum Gasteiger partial charge on any atom is -0.465 e. The van der Waals surface area contributed by atoms with Crippen molar-refractivity contribution in [1.82, 2.24) is 4.90 Å². The molecule has 0 bridgehead atoms. The molecule has 2 unspecified atom stereocenters. The number of ether oxygens (including phenoxy) is 2.